The van der Waals surface area contributed by atoms with Gasteiger partial charge in [-0.3, -0.25) is 9.78 Å². The first-order valence-corrected chi connectivity index (χ1v) is 9.12. The van der Waals surface area contributed by atoms with Gasteiger partial charge in [0.2, 0.25) is 0 Å². The van der Waals surface area contributed by atoms with Gasteiger partial charge in [0.15, 0.2) is 5.82 Å². The maximum Gasteiger partial charge on any atom is 0.260 e. The molecule has 0 spiro atoms. The number of carbonyl (C=O) groups is 2. The minimum atomic E-state index is -1.25. The molecule has 1 N–H and O–H groups in total. The molecule has 2 heterocycles. The van der Waals surface area contributed by atoms with E-state index in [2.05, 4.69) is 20.5 Å². The van der Waals surface area contributed by atoms with Crippen LogP contribution in [0.25, 0.3) is 22.6 Å². The highest BCUT2D eigenvalue weighted by atomic mass is 16.4. The zero-order valence-corrected chi connectivity index (χ0v) is 15.7. The molecule has 0 bridgehead atoms. The molecule has 2 aromatic carbocycles. The van der Waals surface area contributed by atoms with Crippen LogP contribution in [0.5, 0.6) is 0 Å². The van der Waals surface area contributed by atoms with Gasteiger partial charge >= 0.3 is 0 Å². The van der Waals surface area contributed by atoms with Crippen molar-refractivity contribution in [3.8, 4) is 11.5 Å². The summed E-state index contributed by atoms with van der Waals surface area (Å²) in [5.41, 5.74) is 5.44. The normalized spacial score (nSPS) is 11.1. The lowest BCUT2D eigenvalue weighted by Gasteiger charge is -2.08. The summed E-state index contributed by atoms with van der Waals surface area (Å²) in [6, 6.07) is 19.0. The Kier molecular flexibility index (Phi) is 5.29. The Morgan fingerprint density at radius 1 is 1.03 bits per heavy atom. The molecule has 1 amide bonds. The van der Waals surface area contributed by atoms with Crippen LogP contribution in [-0.2, 0) is 11.3 Å². The van der Waals surface area contributed by atoms with Crippen molar-refractivity contribution >= 4 is 29.1 Å². The lowest BCUT2D eigenvalue weighted by atomic mass is 10.1. The Labute approximate surface area is 171 Å². The van der Waals surface area contributed by atoms with Crippen LogP contribution in [-0.4, -0.2) is 32.6 Å². The number of nitrogens with zero attached hydrogens (tertiary/aromatic N) is 4. The van der Waals surface area contributed by atoms with Gasteiger partial charge in [-0.05, 0) is 35.4 Å². The second-order valence-corrected chi connectivity index (χ2v) is 6.43. The van der Waals surface area contributed by atoms with Crippen LogP contribution in [0.3, 0.4) is 0 Å². The zero-order valence-electron chi connectivity index (χ0n) is 15.7. The fraction of sp³-hybridized carbons (Fsp3) is 0.0455. The molecular formula is C22H16N5O3-. The SMILES string of the molecule is O=C(Cn1c(-c2ccccn2)nc2ccccc21)N/N=C\c1ccc(C(=O)[O-])cc1. The molecule has 4 aromatic rings. The van der Waals surface area contributed by atoms with E-state index in [9.17, 15) is 14.7 Å². The van der Waals surface area contributed by atoms with Crippen LogP contribution < -0.4 is 10.5 Å². The summed E-state index contributed by atoms with van der Waals surface area (Å²) in [7, 11) is 0. The van der Waals surface area contributed by atoms with Crippen molar-refractivity contribution in [1.82, 2.24) is 20.0 Å². The van der Waals surface area contributed by atoms with Gasteiger partial charge in [-0.1, -0.05) is 42.5 Å². The first-order chi connectivity index (χ1) is 14.6. The predicted octanol–water partition coefficient (Wildman–Crippen LogP) is 1.61. The molecule has 0 aliphatic heterocycles. The minimum Gasteiger partial charge on any atom is -0.545 e. The summed E-state index contributed by atoms with van der Waals surface area (Å²) >= 11 is 0. The predicted molar refractivity (Wildman–Crippen MR) is 109 cm³/mol. The average molecular weight is 398 g/mol. The maximum absolute atomic E-state index is 12.5. The number of hydrogen-bond acceptors (Lipinski definition) is 6. The van der Waals surface area contributed by atoms with E-state index in [0.717, 1.165) is 11.0 Å². The molecule has 0 fully saturated rings. The molecule has 0 radical (unpaired) electrons. The molecule has 0 saturated heterocycles. The molecular weight excluding hydrogens is 382 g/mol. The van der Waals surface area contributed by atoms with Gasteiger partial charge in [-0.25, -0.2) is 10.4 Å². The number of carbonyl (C=O) groups excluding carboxylic acids is 2. The van der Waals surface area contributed by atoms with Crippen molar-refractivity contribution in [1.29, 1.82) is 0 Å². The Balaban J connectivity index is 1.52. The summed E-state index contributed by atoms with van der Waals surface area (Å²) in [4.78, 5) is 32.2. The highest BCUT2D eigenvalue weighted by Crippen LogP contribution is 2.23. The fourth-order valence-corrected chi connectivity index (χ4v) is 2.99. The Bertz CT molecular complexity index is 1230. The lowest BCUT2D eigenvalue weighted by Crippen LogP contribution is -2.23. The van der Waals surface area contributed by atoms with Crippen molar-refractivity contribution in [3.05, 3.63) is 84.1 Å². The van der Waals surface area contributed by atoms with Crippen LogP contribution in [0, 0.1) is 0 Å². The van der Waals surface area contributed by atoms with Crippen LogP contribution in [0.2, 0.25) is 0 Å². The monoisotopic (exact) mass is 398 g/mol. The van der Waals surface area contributed by atoms with E-state index in [1.807, 2.05) is 42.5 Å². The Morgan fingerprint density at radius 3 is 2.53 bits per heavy atom. The molecule has 0 aliphatic rings. The molecule has 0 atom stereocenters. The molecule has 8 heteroatoms. The molecule has 30 heavy (non-hydrogen) atoms. The van der Waals surface area contributed by atoms with E-state index in [0.29, 0.717) is 17.1 Å². The molecule has 2 aromatic heterocycles. The number of pyridine rings is 1. The summed E-state index contributed by atoms with van der Waals surface area (Å²) in [5.74, 6) is -0.991. The number of aromatic carboxylic acids is 1. The first kappa shape index (κ1) is 19.0. The van der Waals surface area contributed by atoms with Gasteiger partial charge in [0, 0.05) is 6.20 Å². The van der Waals surface area contributed by atoms with Gasteiger partial charge in [0.05, 0.1) is 23.2 Å². The van der Waals surface area contributed by atoms with Crippen molar-refractivity contribution < 1.29 is 14.7 Å². The number of carboxylic acid groups (broad SMARTS) is 1. The third kappa shape index (κ3) is 4.07. The molecule has 0 unspecified atom stereocenters. The smallest absolute Gasteiger partial charge is 0.260 e. The summed E-state index contributed by atoms with van der Waals surface area (Å²) < 4.78 is 1.79. The largest absolute Gasteiger partial charge is 0.545 e. The molecule has 4 rings (SSSR count). The van der Waals surface area contributed by atoms with E-state index in [-0.39, 0.29) is 18.0 Å². The van der Waals surface area contributed by atoms with Crippen LogP contribution in [0.15, 0.2) is 78.0 Å². The van der Waals surface area contributed by atoms with E-state index in [1.54, 1.807) is 22.9 Å². The highest BCUT2D eigenvalue weighted by molar-refractivity contribution is 5.88. The van der Waals surface area contributed by atoms with Crippen LogP contribution >= 0.6 is 0 Å². The summed E-state index contributed by atoms with van der Waals surface area (Å²) in [6.07, 6.45) is 3.11. The van der Waals surface area contributed by atoms with Crippen molar-refractivity contribution in [3.63, 3.8) is 0 Å². The average Bonchev–Trinajstić information content (AvgIpc) is 3.13. The molecule has 0 aliphatic carbocycles. The number of fused-ring (bicyclic) bond motifs is 1. The van der Waals surface area contributed by atoms with E-state index in [4.69, 9.17) is 0 Å². The summed E-state index contributed by atoms with van der Waals surface area (Å²) in [6.45, 7) is 0.00732. The Morgan fingerprint density at radius 2 is 1.80 bits per heavy atom. The number of carboxylic acids is 1. The number of rotatable bonds is 6. The van der Waals surface area contributed by atoms with E-state index >= 15 is 0 Å². The van der Waals surface area contributed by atoms with Gasteiger partial charge < -0.3 is 14.5 Å². The number of amides is 1. The van der Waals surface area contributed by atoms with Gasteiger partial charge in [0.1, 0.15) is 12.2 Å². The first-order valence-electron chi connectivity index (χ1n) is 9.12. The molecule has 8 nitrogen and oxygen atoms in total. The number of hydrazone groups is 1. The van der Waals surface area contributed by atoms with Gasteiger partial charge in [0.25, 0.3) is 5.91 Å². The fourth-order valence-electron chi connectivity index (χ4n) is 2.99. The second-order valence-electron chi connectivity index (χ2n) is 6.43. The minimum absolute atomic E-state index is 0.00732. The number of nitrogens with one attached hydrogen (secondary N) is 1. The van der Waals surface area contributed by atoms with Crippen molar-refractivity contribution in [2.45, 2.75) is 6.54 Å². The van der Waals surface area contributed by atoms with E-state index < -0.39 is 5.97 Å². The lowest BCUT2D eigenvalue weighted by molar-refractivity contribution is -0.255. The number of para-hydroxylation sites is 2. The quantitative estimate of drug-likeness (QED) is 0.392. The number of aromatic nitrogens is 3. The van der Waals surface area contributed by atoms with E-state index in [1.165, 1.54) is 18.3 Å². The summed E-state index contributed by atoms with van der Waals surface area (Å²) in [5, 5.41) is 14.7. The maximum atomic E-state index is 12.5. The number of benzene rings is 2. The van der Waals surface area contributed by atoms with Crippen molar-refractivity contribution in [2.75, 3.05) is 0 Å². The van der Waals surface area contributed by atoms with Gasteiger partial charge in [-0.2, -0.15) is 5.10 Å². The molecule has 148 valence electrons. The topological polar surface area (TPSA) is 112 Å². The molecule has 0 saturated carbocycles. The zero-order chi connectivity index (χ0) is 20.9. The second kappa shape index (κ2) is 8.36. The number of hydrogen-bond donors (Lipinski definition) is 1. The van der Waals surface area contributed by atoms with Crippen LogP contribution in [0.4, 0.5) is 0 Å². The highest BCUT2D eigenvalue weighted by Gasteiger charge is 2.15. The standard InChI is InChI=1S/C22H17N5O3/c28-20(26-24-13-15-8-10-16(11-9-15)22(29)30)14-27-19-7-2-1-5-17(19)25-21(27)18-6-3-4-12-23-18/h1-13H,14H2,(H,26,28)(H,29,30)/p-1/b24-13-. The van der Waals surface area contributed by atoms with Gasteiger partial charge in [-0.15, -0.1) is 0 Å². The third-order valence-electron chi connectivity index (χ3n) is 4.40. The Hall–Kier alpha value is -4.33. The van der Waals surface area contributed by atoms with Crippen LogP contribution in [0.1, 0.15) is 15.9 Å². The van der Waals surface area contributed by atoms with Crippen molar-refractivity contribution in [2.24, 2.45) is 5.10 Å². The number of imidazole rings is 1. The third-order valence-corrected chi connectivity index (χ3v) is 4.40.